The maximum absolute atomic E-state index is 6.40. The Labute approximate surface area is 109 Å². The molecule has 1 atom stereocenters. The zero-order valence-electron chi connectivity index (χ0n) is 11.5. The molecule has 1 heterocycles. The summed E-state index contributed by atoms with van der Waals surface area (Å²) in [5.41, 5.74) is 13.3. The van der Waals surface area contributed by atoms with Gasteiger partial charge in [-0.15, -0.1) is 0 Å². The van der Waals surface area contributed by atoms with Crippen molar-refractivity contribution in [2.24, 2.45) is 5.73 Å². The van der Waals surface area contributed by atoms with Crippen LogP contribution in [0.4, 0.5) is 0 Å². The van der Waals surface area contributed by atoms with Crippen molar-refractivity contribution in [2.45, 2.75) is 33.7 Å². The Balaban J connectivity index is 2.48. The van der Waals surface area contributed by atoms with E-state index in [4.69, 9.17) is 5.73 Å². The fourth-order valence-corrected chi connectivity index (χ4v) is 2.30. The highest BCUT2D eigenvalue weighted by atomic mass is 14.7. The number of pyridine rings is 1. The summed E-state index contributed by atoms with van der Waals surface area (Å²) >= 11 is 0. The molecule has 1 aromatic carbocycles. The molecule has 1 unspecified atom stereocenters. The van der Waals surface area contributed by atoms with Gasteiger partial charge in [-0.1, -0.05) is 24.3 Å². The van der Waals surface area contributed by atoms with Crippen molar-refractivity contribution in [3.8, 4) is 0 Å². The summed E-state index contributed by atoms with van der Waals surface area (Å²) in [6.45, 7) is 8.26. The molecule has 0 amide bonds. The molecule has 0 spiro atoms. The predicted octanol–water partition coefficient (Wildman–Crippen LogP) is 3.36. The lowest BCUT2D eigenvalue weighted by atomic mass is 9.92. The number of aryl methyl sites for hydroxylation is 3. The molecule has 1 aromatic heterocycles. The smallest absolute Gasteiger partial charge is 0.0572 e. The zero-order chi connectivity index (χ0) is 13.3. The van der Waals surface area contributed by atoms with Gasteiger partial charge in [0, 0.05) is 11.4 Å². The standard InChI is InChI=1S/C16H20N2/c1-10-6-5-7-14(12(10)3)16(17)15-9-8-11(2)18-13(15)4/h5-9,16H,17H2,1-4H3. The minimum absolute atomic E-state index is 0.0991. The van der Waals surface area contributed by atoms with Gasteiger partial charge < -0.3 is 5.73 Å². The minimum Gasteiger partial charge on any atom is -0.320 e. The maximum atomic E-state index is 6.40. The quantitative estimate of drug-likeness (QED) is 0.874. The normalized spacial score (nSPS) is 12.5. The third-order valence-corrected chi connectivity index (χ3v) is 3.58. The second-order valence-corrected chi connectivity index (χ2v) is 4.89. The van der Waals surface area contributed by atoms with E-state index in [2.05, 4.69) is 43.1 Å². The van der Waals surface area contributed by atoms with Crippen LogP contribution < -0.4 is 5.73 Å². The van der Waals surface area contributed by atoms with Gasteiger partial charge in [0.1, 0.15) is 0 Å². The van der Waals surface area contributed by atoms with Gasteiger partial charge in [-0.2, -0.15) is 0 Å². The predicted molar refractivity (Wildman–Crippen MR) is 75.7 cm³/mol. The molecule has 0 aliphatic rings. The lowest BCUT2D eigenvalue weighted by Gasteiger charge is -2.18. The molecule has 0 radical (unpaired) electrons. The van der Waals surface area contributed by atoms with E-state index in [0.717, 1.165) is 17.0 Å². The van der Waals surface area contributed by atoms with Gasteiger partial charge in [0.2, 0.25) is 0 Å². The van der Waals surface area contributed by atoms with Gasteiger partial charge >= 0.3 is 0 Å². The Bertz CT molecular complexity index is 573. The van der Waals surface area contributed by atoms with Crippen LogP contribution in [-0.2, 0) is 0 Å². The van der Waals surface area contributed by atoms with E-state index in [1.54, 1.807) is 0 Å². The SMILES string of the molecule is Cc1ccc(C(N)c2cccc(C)c2C)c(C)n1. The van der Waals surface area contributed by atoms with Crippen molar-refractivity contribution >= 4 is 0 Å². The molecule has 2 aromatic rings. The molecule has 2 nitrogen and oxygen atoms in total. The van der Waals surface area contributed by atoms with Crippen molar-refractivity contribution in [2.75, 3.05) is 0 Å². The molecule has 2 N–H and O–H groups in total. The van der Waals surface area contributed by atoms with Crippen molar-refractivity contribution < 1.29 is 0 Å². The highest BCUT2D eigenvalue weighted by Crippen LogP contribution is 2.26. The van der Waals surface area contributed by atoms with Gasteiger partial charge in [0.25, 0.3) is 0 Å². The van der Waals surface area contributed by atoms with E-state index in [1.807, 2.05) is 19.9 Å². The fourth-order valence-electron chi connectivity index (χ4n) is 2.30. The summed E-state index contributed by atoms with van der Waals surface area (Å²) < 4.78 is 0. The van der Waals surface area contributed by atoms with Crippen LogP contribution in [0.3, 0.4) is 0 Å². The van der Waals surface area contributed by atoms with Crippen molar-refractivity contribution in [3.05, 3.63) is 64.0 Å². The molecule has 2 rings (SSSR count). The number of rotatable bonds is 2. The van der Waals surface area contributed by atoms with Crippen molar-refractivity contribution in [1.82, 2.24) is 4.98 Å². The average Bonchev–Trinajstić information content (AvgIpc) is 2.32. The Morgan fingerprint density at radius 1 is 0.944 bits per heavy atom. The van der Waals surface area contributed by atoms with E-state index in [9.17, 15) is 0 Å². The number of nitrogens with two attached hydrogens (primary N) is 1. The number of nitrogens with zero attached hydrogens (tertiary/aromatic N) is 1. The molecule has 0 aliphatic carbocycles. The first-order valence-corrected chi connectivity index (χ1v) is 6.26. The molecule has 0 saturated carbocycles. The zero-order valence-corrected chi connectivity index (χ0v) is 11.5. The number of benzene rings is 1. The molecule has 0 aliphatic heterocycles. The molecule has 94 valence electrons. The molecular formula is C16H20N2. The maximum Gasteiger partial charge on any atom is 0.0572 e. The Kier molecular flexibility index (Phi) is 3.48. The number of hydrogen-bond donors (Lipinski definition) is 1. The van der Waals surface area contributed by atoms with E-state index in [-0.39, 0.29) is 6.04 Å². The largest absolute Gasteiger partial charge is 0.320 e. The molecule has 0 bridgehead atoms. The van der Waals surface area contributed by atoms with Crippen LogP contribution in [0.1, 0.15) is 39.7 Å². The average molecular weight is 240 g/mol. The van der Waals surface area contributed by atoms with E-state index < -0.39 is 0 Å². The van der Waals surface area contributed by atoms with Gasteiger partial charge in [-0.3, -0.25) is 4.98 Å². The van der Waals surface area contributed by atoms with E-state index >= 15 is 0 Å². The van der Waals surface area contributed by atoms with Crippen LogP contribution >= 0.6 is 0 Å². The van der Waals surface area contributed by atoms with Gasteiger partial charge in [0.15, 0.2) is 0 Å². The number of aromatic nitrogens is 1. The fraction of sp³-hybridized carbons (Fsp3) is 0.312. The van der Waals surface area contributed by atoms with Gasteiger partial charge in [0.05, 0.1) is 6.04 Å². The topological polar surface area (TPSA) is 38.9 Å². The van der Waals surface area contributed by atoms with Gasteiger partial charge in [-0.25, -0.2) is 0 Å². The number of hydrogen-bond acceptors (Lipinski definition) is 2. The van der Waals surface area contributed by atoms with Crippen LogP contribution in [0.15, 0.2) is 30.3 Å². The summed E-state index contributed by atoms with van der Waals surface area (Å²) in [5, 5.41) is 0. The highest BCUT2D eigenvalue weighted by Gasteiger charge is 2.14. The summed E-state index contributed by atoms with van der Waals surface area (Å²) in [4.78, 5) is 4.49. The Hall–Kier alpha value is -1.67. The van der Waals surface area contributed by atoms with Crippen LogP contribution in [-0.4, -0.2) is 4.98 Å². The van der Waals surface area contributed by atoms with E-state index in [1.165, 1.54) is 16.7 Å². The van der Waals surface area contributed by atoms with Crippen LogP contribution in [0.5, 0.6) is 0 Å². The van der Waals surface area contributed by atoms with Crippen LogP contribution in [0.2, 0.25) is 0 Å². The van der Waals surface area contributed by atoms with Gasteiger partial charge in [-0.05, 0) is 56.0 Å². The van der Waals surface area contributed by atoms with Crippen LogP contribution in [0, 0.1) is 27.7 Å². The first kappa shape index (κ1) is 12.8. The monoisotopic (exact) mass is 240 g/mol. The lowest BCUT2D eigenvalue weighted by Crippen LogP contribution is -2.15. The molecule has 0 saturated heterocycles. The molecular weight excluding hydrogens is 220 g/mol. The highest BCUT2D eigenvalue weighted by molar-refractivity contribution is 5.41. The van der Waals surface area contributed by atoms with Crippen molar-refractivity contribution in [1.29, 1.82) is 0 Å². The summed E-state index contributed by atoms with van der Waals surface area (Å²) in [6, 6.07) is 10.3. The second kappa shape index (κ2) is 4.91. The first-order chi connectivity index (χ1) is 8.50. The minimum atomic E-state index is -0.0991. The third-order valence-electron chi connectivity index (χ3n) is 3.58. The Morgan fingerprint density at radius 2 is 1.67 bits per heavy atom. The van der Waals surface area contributed by atoms with Crippen LogP contribution in [0.25, 0.3) is 0 Å². The lowest BCUT2D eigenvalue weighted by molar-refractivity contribution is 0.834. The van der Waals surface area contributed by atoms with E-state index in [0.29, 0.717) is 0 Å². The summed E-state index contributed by atoms with van der Waals surface area (Å²) in [5.74, 6) is 0. The molecule has 18 heavy (non-hydrogen) atoms. The van der Waals surface area contributed by atoms with Crippen molar-refractivity contribution in [3.63, 3.8) is 0 Å². The summed E-state index contributed by atoms with van der Waals surface area (Å²) in [6.07, 6.45) is 0. The third kappa shape index (κ3) is 2.29. The molecule has 0 fully saturated rings. The summed E-state index contributed by atoms with van der Waals surface area (Å²) in [7, 11) is 0. The molecule has 2 heteroatoms. The first-order valence-electron chi connectivity index (χ1n) is 6.26. The second-order valence-electron chi connectivity index (χ2n) is 4.89. The Morgan fingerprint density at radius 3 is 2.33 bits per heavy atom.